The third-order valence-corrected chi connectivity index (χ3v) is 6.76. The van der Waals surface area contributed by atoms with Crippen LogP contribution in [0.4, 0.5) is 4.39 Å². The molecule has 154 valence electrons. The molecule has 4 aromatic rings. The molecule has 0 unspecified atom stereocenters. The topological polar surface area (TPSA) is 74.1 Å². The highest BCUT2D eigenvalue weighted by atomic mass is 32.2. The molecule has 0 amide bonds. The summed E-state index contributed by atoms with van der Waals surface area (Å²) >= 11 is 0. The number of halogens is 1. The minimum Gasteiger partial charge on any atom is -0.496 e. The van der Waals surface area contributed by atoms with E-state index in [0.717, 1.165) is 32.4 Å². The maximum Gasteiger partial charge on any atom is 0.269 e. The molecule has 0 aliphatic rings. The monoisotopic (exact) mass is 425 g/mol. The molecule has 2 aromatic carbocycles. The first-order chi connectivity index (χ1) is 14.2. The van der Waals surface area contributed by atoms with Gasteiger partial charge in [-0.25, -0.2) is 26.7 Å². The van der Waals surface area contributed by atoms with Gasteiger partial charge in [0.15, 0.2) is 11.5 Å². The van der Waals surface area contributed by atoms with Gasteiger partial charge in [-0.05, 0) is 44.5 Å². The number of benzene rings is 2. The third kappa shape index (κ3) is 3.13. The van der Waals surface area contributed by atoms with Gasteiger partial charge < -0.3 is 4.74 Å². The summed E-state index contributed by atoms with van der Waals surface area (Å²) in [4.78, 5) is 8.72. The van der Waals surface area contributed by atoms with Crippen LogP contribution in [0.3, 0.4) is 0 Å². The summed E-state index contributed by atoms with van der Waals surface area (Å²) in [5.41, 5.74) is 3.75. The number of hydrogen-bond donors (Lipinski definition) is 0. The van der Waals surface area contributed by atoms with Gasteiger partial charge in [-0.2, -0.15) is 0 Å². The fourth-order valence-electron chi connectivity index (χ4n) is 3.50. The number of nitrogens with zero attached hydrogens (tertiary/aromatic N) is 3. The smallest absolute Gasteiger partial charge is 0.269 e. The maximum absolute atomic E-state index is 14.7. The first kappa shape index (κ1) is 20.0. The molecule has 0 aliphatic carbocycles. The van der Waals surface area contributed by atoms with Crippen molar-refractivity contribution in [2.75, 3.05) is 7.11 Å². The van der Waals surface area contributed by atoms with Crippen LogP contribution in [0.25, 0.3) is 22.4 Å². The molecule has 2 aromatic heterocycles. The standard InChI is InChI=1S/C22H20FN3O3S/c1-13-5-8-16(9-6-13)30(27,28)26-12-17(23)21-22(26)24-11-18(25-21)20-14(2)7-10-19(29-4)15(20)3/h5-12H,1-4H3. The van der Waals surface area contributed by atoms with Crippen LogP contribution < -0.4 is 4.74 Å². The molecular formula is C22H20FN3O3S. The lowest BCUT2D eigenvalue weighted by Gasteiger charge is -2.13. The van der Waals surface area contributed by atoms with Crippen molar-refractivity contribution in [1.29, 1.82) is 0 Å². The van der Waals surface area contributed by atoms with Gasteiger partial charge in [0, 0.05) is 11.1 Å². The molecule has 6 nitrogen and oxygen atoms in total. The van der Waals surface area contributed by atoms with Crippen molar-refractivity contribution < 1.29 is 17.5 Å². The van der Waals surface area contributed by atoms with Crippen LogP contribution in [0, 0.1) is 26.6 Å². The number of aromatic nitrogens is 3. The highest BCUT2D eigenvalue weighted by Crippen LogP contribution is 2.33. The van der Waals surface area contributed by atoms with Crippen molar-refractivity contribution in [3.05, 3.63) is 71.3 Å². The predicted octanol–water partition coefficient (Wildman–Crippen LogP) is 4.41. The number of methoxy groups -OCH3 is 1. The molecule has 0 fully saturated rings. The van der Waals surface area contributed by atoms with E-state index in [9.17, 15) is 12.8 Å². The van der Waals surface area contributed by atoms with Crippen LogP contribution in [-0.4, -0.2) is 29.5 Å². The third-order valence-electron chi connectivity index (χ3n) is 5.10. The highest BCUT2D eigenvalue weighted by Gasteiger charge is 2.24. The molecule has 0 bridgehead atoms. The zero-order valence-electron chi connectivity index (χ0n) is 17.0. The van der Waals surface area contributed by atoms with Crippen LogP contribution in [0.2, 0.25) is 0 Å². The summed E-state index contributed by atoms with van der Waals surface area (Å²) < 4.78 is 47.0. The van der Waals surface area contributed by atoms with Crippen molar-refractivity contribution in [2.45, 2.75) is 25.7 Å². The number of hydrogen-bond acceptors (Lipinski definition) is 5. The molecule has 4 rings (SSSR count). The highest BCUT2D eigenvalue weighted by molar-refractivity contribution is 7.90. The molecule has 0 aliphatic heterocycles. The summed E-state index contributed by atoms with van der Waals surface area (Å²) in [6.45, 7) is 5.66. The van der Waals surface area contributed by atoms with Crippen molar-refractivity contribution >= 4 is 21.2 Å². The molecule has 0 spiro atoms. The molecule has 2 heterocycles. The summed E-state index contributed by atoms with van der Waals surface area (Å²) in [5, 5.41) is 0. The number of ether oxygens (including phenoxy) is 1. The molecule has 0 saturated heterocycles. The van der Waals surface area contributed by atoms with Crippen molar-refractivity contribution in [3.8, 4) is 17.0 Å². The first-order valence-electron chi connectivity index (χ1n) is 9.24. The summed E-state index contributed by atoms with van der Waals surface area (Å²) in [6.07, 6.45) is 2.37. The van der Waals surface area contributed by atoms with Crippen LogP contribution >= 0.6 is 0 Å². The van der Waals surface area contributed by atoms with E-state index in [1.54, 1.807) is 19.2 Å². The minimum atomic E-state index is -4.01. The molecule has 8 heteroatoms. The van der Waals surface area contributed by atoms with Gasteiger partial charge >= 0.3 is 0 Å². The number of aryl methyl sites for hydroxylation is 2. The Bertz CT molecular complexity index is 1380. The van der Waals surface area contributed by atoms with Gasteiger partial charge in [0.1, 0.15) is 11.3 Å². The Balaban J connectivity index is 1.90. The van der Waals surface area contributed by atoms with E-state index >= 15 is 0 Å². The van der Waals surface area contributed by atoms with Crippen molar-refractivity contribution in [2.24, 2.45) is 0 Å². The second-order valence-corrected chi connectivity index (χ2v) is 8.92. The van der Waals surface area contributed by atoms with E-state index in [0.29, 0.717) is 11.4 Å². The van der Waals surface area contributed by atoms with Crippen molar-refractivity contribution in [3.63, 3.8) is 0 Å². The summed E-state index contributed by atoms with van der Waals surface area (Å²) in [5.74, 6) is -0.0780. The van der Waals surface area contributed by atoms with E-state index in [1.807, 2.05) is 32.9 Å². The lowest BCUT2D eigenvalue weighted by Crippen LogP contribution is -2.12. The van der Waals surface area contributed by atoms with Gasteiger partial charge in [0.05, 0.1) is 30.1 Å². The Hall–Kier alpha value is -3.26. The van der Waals surface area contributed by atoms with E-state index in [1.165, 1.54) is 18.3 Å². The van der Waals surface area contributed by atoms with E-state index in [-0.39, 0.29) is 16.1 Å². The Labute approximate surface area is 174 Å². The van der Waals surface area contributed by atoms with Gasteiger partial charge in [0.25, 0.3) is 10.0 Å². The van der Waals surface area contributed by atoms with Crippen LogP contribution in [0.5, 0.6) is 5.75 Å². The molecule has 0 saturated carbocycles. The Morgan fingerprint density at radius 3 is 2.40 bits per heavy atom. The van der Waals surface area contributed by atoms with Crippen molar-refractivity contribution in [1.82, 2.24) is 13.9 Å². The van der Waals surface area contributed by atoms with Crippen LogP contribution in [0.15, 0.2) is 53.7 Å². The van der Waals surface area contributed by atoms with E-state index in [4.69, 9.17) is 4.74 Å². The average molecular weight is 425 g/mol. The summed E-state index contributed by atoms with van der Waals surface area (Å²) in [6, 6.07) is 10.1. The van der Waals surface area contributed by atoms with Gasteiger partial charge in [-0.1, -0.05) is 23.8 Å². The molecular weight excluding hydrogens is 405 g/mol. The predicted molar refractivity (Wildman–Crippen MR) is 113 cm³/mol. The fraction of sp³-hybridized carbons (Fsp3) is 0.182. The lowest BCUT2D eigenvalue weighted by molar-refractivity contribution is 0.412. The Morgan fingerprint density at radius 2 is 1.73 bits per heavy atom. The van der Waals surface area contributed by atoms with E-state index < -0.39 is 15.8 Å². The first-order valence-corrected chi connectivity index (χ1v) is 10.7. The van der Waals surface area contributed by atoms with Crippen LogP contribution in [0.1, 0.15) is 16.7 Å². The van der Waals surface area contributed by atoms with Gasteiger partial charge in [-0.15, -0.1) is 0 Å². The summed E-state index contributed by atoms with van der Waals surface area (Å²) in [7, 11) is -2.44. The molecule has 0 N–H and O–H groups in total. The largest absolute Gasteiger partial charge is 0.496 e. The number of rotatable bonds is 4. The van der Waals surface area contributed by atoms with E-state index in [2.05, 4.69) is 9.97 Å². The minimum absolute atomic E-state index is 0.0513. The fourth-order valence-corrected chi connectivity index (χ4v) is 4.80. The SMILES string of the molecule is COc1ccc(C)c(-c2cnc3c(n2)c(F)cn3S(=O)(=O)c2ccc(C)cc2)c1C. The normalized spacial score (nSPS) is 11.8. The Kier molecular flexibility index (Phi) is 4.82. The second kappa shape index (κ2) is 7.21. The zero-order valence-corrected chi connectivity index (χ0v) is 17.8. The van der Waals surface area contributed by atoms with Crippen LogP contribution in [-0.2, 0) is 10.0 Å². The molecule has 30 heavy (non-hydrogen) atoms. The maximum atomic E-state index is 14.7. The van der Waals surface area contributed by atoms with Gasteiger partial charge in [0.2, 0.25) is 0 Å². The lowest BCUT2D eigenvalue weighted by atomic mass is 9.99. The zero-order chi connectivity index (χ0) is 21.6. The second-order valence-electron chi connectivity index (χ2n) is 7.10. The average Bonchev–Trinajstić information content (AvgIpc) is 3.06. The quantitative estimate of drug-likeness (QED) is 0.484. The Morgan fingerprint density at radius 1 is 1.03 bits per heavy atom. The number of fused-ring (bicyclic) bond motifs is 1. The molecule has 0 radical (unpaired) electrons. The van der Waals surface area contributed by atoms with Gasteiger partial charge in [-0.3, -0.25) is 0 Å². The molecule has 0 atom stereocenters.